The predicted molar refractivity (Wildman–Crippen MR) is 87.5 cm³/mol. The molecule has 1 N–H and O–H groups in total. The Bertz CT molecular complexity index is 433. The van der Waals surface area contributed by atoms with E-state index >= 15 is 0 Å². The van der Waals surface area contributed by atoms with Gasteiger partial charge in [0.2, 0.25) is 0 Å². The van der Waals surface area contributed by atoms with E-state index in [1.165, 1.54) is 0 Å². The molecule has 3 unspecified atom stereocenters. The molecule has 2 heterocycles. The Morgan fingerprint density at radius 3 is 2.81 bits per heavy atom. The monoisotopic (exact) mass is 335 g/mol. The molecule has 7 heteroatoms. The van der Waals surface area contributed by atoms with Crippen LogP contribution in [0.25, 0.3) is 0 Å². The first kappa shape index (κ1) is 20.0. The van der Waals surface area contributed by atoms with E-state index in [1.54, 1.807) is 31.5 Å². The number of carbonyl (C=O) groups is 1. The maximum atomic E-state index is 12.4. The molecule has 0 bridgehead atoms. The summed E-state index contributed by atoms with van der Waals surface area (Å²) in [5, 5.41) is 3.36. The number of nitrogens with one attached hydrogen (secondary N) is 1. The summed E-state index contributed by atoms with van der Waals surface area (Å²) in [5.74, 6) is 0.656. The largest absolute Gasteiger partial charge is 0.479 e. The van der Waals surface area contributed by atoms with Gasteiger partial charge in [-0.1, -0.05) is 0 Å². The van der Waals surface area contributed by atoms with Crippen LogP contribution in [0.1, 0.15) is 20.8 Å². The van der Waals surface area contributed by atoms with Crippen molar-refractivity contribution in [3.63, 3.8) is 0 Å². The fourth-order valence-electron chi connectivity index (χ4n) is 2.27. The van der Waals surface area contributed by atoms with Crippen LogP contribution < -0.4 is 10.1 Å². The van der Waals surface area contributed by atoms with Gasteiger partial charge >= 0.3 is 0 Å². The summed E-state index contributed by atoms with van der Waals surface area (Å²) in [6.45, 7) is 7.50. The highest BCUT2D eigenvalue weighted by Gasteiger charge is 2.31. The van der Waals surface area contributed by atoms with E-state index < -0.39 is 6.10 Å². The van der Waals surface area contributed by atoms with Crippen molar-refractivity contribution in [1.82, 2.24) is 15.2 Å². The van der Waals surface area contributed by atoms with Crippen LogP contribution in [-0.4, -0.2) is 47.1 Å². The Morgan fingerprint density at radius 1 is 1.48 bits per heavy atom. The van der Waals surface area contributed by atoms with Crippen molar-refractivity contribution in [1.29, 1.82) is 0 Å². The van der Waals surface area contributed by atoms with Crippen LogP contribution in [0, 0.1) is 0 Å². The molecule has 1 aromatic heterocycles. The summed E-state index contributed by atoms with van der Waals surface area (Å²) in [5.41, 5.74) is 0. The Morgan fingerprint density at radius 2 is 2.19 bits per heavy atom. The van der Waals surface area contributed by atoms with E-state index in [4.69, 9.17) is 4.74 Å². The van der Waals surface area contributed by atoms with Gasteiger partial charge in [-0.25, -0.2) is 0 Å². The summed E-state index contributed by atoms with van der Waals surface area (Å²) < 4.78 is 5.64. The van der Waals surface area contributed by atoms with Crippen molar-refractivity contribution < 1.29 is 9.53 Å². The van der Waals surface area contributed by atoms with Crippen LogP contribution in [-0.2, 0) is 4.79 Å². The zero-order valence-corrected chi connectivity index (χ0v) is 14.1. The van der Waals surface area contributed by atoms with E-state index in [0.29, 0.717) is 11.8 Å². The number of aromatic nitrogens is 1. The van der Waals surface area contributed by atoms with E-state index in [2.05, 4.69) is 24.1 Å². The number of hydrogen-bond donors (Lipinski definition) is 1. The van der Waals surface area contributed by atoms with Gasteiger partial charge in [-0.05, 0) is 32.9 Å². The van der Waals surface area contributed by atoms with Crippen molar-refractivity contribution in [3.8, 4) is 5.75 Å². The minimum Gasteiger partial charge on any atom is -0.479 e. The third-order valence-corrected chi connectivity index (χ3v) is 3.61. The Labute approximate surface area is 138 Å². The average Bonchev–Trinajstić information content (AvgIpc) is 2.42. The molecule has 1 aromatic rings. The molecule has 0 aromatic carbocycles. The number of pyridine rings is 1. The number of hydrogen-bond acceptors (Lipinski definition) is 4. The lowest BCUT2D eigenvalue weighted by Gasteiger charge is -2.39. The van der Waals surface area contributed by atoms with Crippen LogP contribution in [0.4, 0.5) is 0 Å². The maximum Gasteiger partial charge on any atom is 0.263 e. The third-order valence-electron chi connectivity index (χ3n) is 3.61. The molecule has 1 saturated heterocycles. The topological polar surface area (TPSA) is 54.5 Å². The molecular formula is C14H23Cl2N3O2. The number of halogens is 2. The molecule has 0 spiro atoms. The van der Waals surface area contributed by atoms with Crippen LogP contribution in [0.15, 0.2) is 24.5 Å². The van der Waals surface area contributed by atoms with Gasteiger partial charge in [-0.2, -0.15) is 0 Å². The first-order valence-corrected chi connectivity index (χ1v) is 6.70. The first-order chi connectivity index (χ1) is 9.09. The normalized spacial score (nSPS) is 22.5. The molecule has 1 amide bonds. The molecule has 0 saturated carbocycles. The van der Waals surface area contributed by atoms with Crippen LogP contribution in [0.3, 0.4) is 0 Å². The van der Waals surface area contributed by atoms with Gasteiger partial charge in [0.05, 0.1) is 6.20 Å². The second-order valence-electron chi connectivity index (χ2n) is 4.96. The summed E-state index contributed by atoms with van der Waals surface area (Å²) in [7, 11) is 0. The van der Waals surface area contributed by atoms with Gasteiger partial charge in [-0.15, -0.1) is 24.8 Å². The van der Waals surface area contributed by atoms with Crippen LogP contribution >= 0.6 is 24.8 Å². The number of rotatable bonds is 3. The second kappa shape index (κ2) is 9.07. The van der Waals surface area contributed by atoms with Crippen molar-refractivity contribution in [2.75, 3.05) is 13.1 Å². The lowest BCUT2D eigenvalue weighted by Crippen LogP contribution is -2.59. The van der Waals surface area contributed by atoms with Crippen molar-refractivity contribution >= 4 is 30.7 Å². The zero-order chi connectivity index (χ0) is 13.8. The van der Waals surface area contributed by atoms with Gasteiger partial charge in [-0.3, -0.25) is 9.78 Å². The number of nitrogens with zero attached hydrogens (tertiary/aromatic N) is 2. The summed E-state index contributed by atoms with van der Waals surface area (Å²) in [6.07, 6.45) is 2.81. The lowest BCUT2D eigenvalue weighted by molar-refractivity contribution is -0.141. The standard InChI is InChI=1S/C14H21N3O2.2ClH/c1-10-11(2)17(8-7-16-10)14(18)12(3)19-13-5-4-6-15-9-13;;/h4-6,9-12,16H,7-8H2,1-3H3;2*1H. The molecule has 1 aliphatic rings. The number of carbonyl (C=O) groups excluding carboxylic acids is 1. The molecule has 3 atom stereocenters. The molecule has 1 aliphatic heterocycles. The number of piperazine rings is 1. The fourth-order valence-corrected chi connectivity index (χ4v) is 2.27. The quantitative estimate of drug-likeness (QED) is 0.916. The Hall–Kier alpha value is -1.04. The number of amides is 1. The average molecular weight is 336 g/mol. The van der Waals surface area contributed by atoms with Crippen molar-refractivity contribution in [2.45, 2.75) is 39.0 Å². The van der Waals surface area contributed by atoms with Crippen LogP contribution in [0.5, 0.6) is 5.75 Å². The molecule has 1 fully saturated rings. The van der Waals surface area contributed by atoms with Crippen LogP contribution in [0.2, 0.25) is 0 Å². The fraction of sp³-hybridized carbons (Fsp3) is 0.571. The highest BCUT2D eigenvalue weighted by molar-refractivity contribution is 5.85. The SMILES string of the molecule is CC(Oc1cccnc1)C(=O)N1CCNC(C)C1C.Cl.Cl. The van der Waals surface area contributed by atoms with Gasteiger partial charge in [0.1, 0.15) is 5.75 Å². The predicted octanol–water partition coefficient (Wildman–Crippen LogP) is 1.90. The molecule has 120 valence electrons. The molecule has 0 radical (unpaired) electrons. The van der Waals surface area contributed by atoms with E-state index in [-0.39, 0.29) is 36.8 Å². The molecular weight excluding hydrogens is 313 g/mol. The molecule has 2 rings (SSSR count). The van der Waals surface area contributed by atoms with E-state index in [9.17, 15) is 4.79 Å². The third kappa shape index (κ3) is 5.02. The summed E-state index contributed by atoms with van der Waals surface area (Å²) in [6, 6.07) is 4.09. The highest BCUT2D eigenvalue weighted by atomic mass is 35.5. The van der Waals surface area contributed by atoms with Gasteiger partial charge in [0, 0.05) is 31.4 Å². The lowest BCUT2D eigenvalue weighted by atomic mass is 10.1. The van der Waals surface area contributed by atoms with Gasteiger partial charge < -0.3 is 15.0 Å². The van der Waals surface area contributed by atoms with E-state index in [0.717, 1.165) is 13.1 Å². The van der Waals surface area contributed by atoms with Gasteiger partial charge in [0.15, 0.2) is 6.10 Å². The maximum absolute atomic E-state index is 12.4. The molecule has 0 aliphatic carbocycles. The Kier molecular flexibility index (Phi) is 8.63. The van der Waals surface area contributed by atoms with Crippen molar-refractivity contribution in [3.05, 3.63) is 24.5 Å². The Balaban J connectivity index is 0.00000200. The van der Waals surface area contributed by atoms with Gasteiger partial charge in [0.25, 0.3) is 5.91 Å². The highest BCUT2D eigenvalue weighted by Crippen LogP contribution is 2.14. The summed E-state index contributed by atoms with van der Waals surface area (Å²) >= 11 is 0. The summed E-state index contributed by atoms with van der Waals surface area (Å²) in [4.78, 5) is 18.3. The first-order valence-electron chi connectivity index (χ1n) is 6.70. The minimum atomic E-state index is -0.489. The van der Waals surface area contributed by atoms with E-state index in [1.807, 2.05) is 4.90 Å². The number of ether oxygens (including phenoxy) is 1. The molecule has 21 heavy (non-hydrogen) atoms. The smallest absolute Gasteiger partial charge is 0.263 e. The van der Waals surface area contributed by atoms with Crippen molar-refractivity contribution in [2.24, 2.45) is 0 Å². The zero-order valence-electron chi connectivity index (χ0n) is 12.5. The second-order valence-corrected chi connectivity index (χ2v) is 4.96. The molecule has 5 nitrogen and oxygen atoms in total. The minimum absolute atomic E-state index is 0.